The van der Waals surface area contributed by atoms with Crippen molar-refractivity contribution in [3.8, 4) is 0 Å². The van der Waals surface area contributed by atoms with E-state index in [1.54, 1.807) is 12.1 Å². The van der Waals surface area contributed by atoms with Crippen LogP contribution in [0.2, 0.25) is 0 Å². The third-order valence-electron chi connectivity index (χ3n) is 2.43. The molecule has 0 spiro atoms. The van der Waals surface area contributed by atoms with Crippen molar-refractivity contribution in [2.75, 3.05) is 0 Å². The highest BCUT2D eigenvalue weighted by Gasteiger charge is 2.17. The summed E-state index contributed by atoms with van der Waals surface area (Å²) in [5, 5.41) is 1.97. The lowest BCUT2D eigenvalue weighted by Crippen LogP contribution is -2.18. The van der Waals surface area contributed by atoms with E-state index < -0.39 is 12.5 Å². The average Bonchev–Trinajstić information content (AvgIpc) is 2.27. The zero-order chi connectivity index (χ0) is 10.8. The molecule has 1 atom stereocenters. The zero-order valence-corrected chi connectivity index (χ0v) is 8.03. The SMILES string of the molecule is NC(c1ccc2ccccc2c1)C(F)F. The summed E-state index contributed by atoms with van der Waals surface area (Å²) in [4.78, 5) is 0. The number of hydrogen-bond donors (Lipinski definition) is 1. The average molecular weight is 207 g/mol. The van der Waals surface area contributed by atoms with Crippen molar-refractivity contribution in [1.82, 2.24) is 0 Å². The molecule has 2 N–H and O–H groups in total. The number of halogens is 2. The van der Waals surface area contributed by atoms with Gasteiger partial charge in [-0.3, -0.25) is 0 Å². The Bertz CT molecular complexity index is 468. The van der Waals surface area contributed by atoms with Crippen LogP contribution in [0.25, 0.3) is 10.8 Å². The first-order valence-corrected chi connectivity index (χ1v) is 4.71. The van der Waals surface area contributed by atoms with Crippen LogP contribution in [0.4, 0.5) is 8.78 Å². The molecule has 2 aromatic rings. The second kappa shape index (κ2) is 3.95. The number of benzene rings is 2. The maximum absolute atomic E-state index is 12.4. The van der Waals surface area contributed by atoms with Gasteiger partial charge in [0.1, 0.15) is 0 Å². The van der Waals surface area contributed by atoms with E-state index in [1.807, 2.05) is 30.3 Å². The van der Waals surface area contributed by atoms with E-state index in [9.17, 15) is 8.78 Å². The molecule has 15 heavy (non-hydrogen) atoms. The molecule has 2 rings (SSSR count). The minimum Gasteiger partial charge on any atom is -0.319 e. The molecule has 0 heterocycles. The first-order valence-electron chi connectivity index (χ1n) is 4.71. The van der Waals surface area contributed by atoms with Crippen LogP contribution in [-0.4, -0.2) is 6.43 Å². The van der Waals surface area contributed by atoms with Crippen LogP contribution in [-0.2, 0) is 0 Å². The van der Waals surface area contributed by atoms with Crippen LogP contribution in [0, 0.1) is 0 Å². The molecule has 0 aliphatic heterocycles. The van der Waals surface area contributed by atoms with Crippen LogP contribution < -0.4 is 5.73 Å². The van der Waals surface area contributed by atoms with E-state index in [2.05, 4.69) is 0 Å². The summed E-state index contributed by atoms with van der Waals surface area (Å²) in [6.45, 7) is 0. The Kier molecular flexibility index (Phi) is 2.64. The quantitative estimate of drug-likeness (QED) is 0.804. The lowest BCUT2D eigenvalue weighted by atomic mass is 10.0. The molecule has 0 saturated carbocycles. The Morgan fingerprint density at radius 1 is 0.933 bits per heavy atom. The van der Waals surface area contributed by atoms with Crippen LogP contribution >= 0.6 is 0 Å². The molecule has 0 aliphatic carbocycles. The van der Waals surface area contributed by atoms with Gasteiger partial charge in [-0.25, -0.2) is 8.78 Å². The molecule has 0 radical (unpaired) electrons. The second-order valence-corrected chi connectivity index (χ2v) is 3.47. The van der Waals surface area contributed by atoms with Crippen molar-refractivity contribution in [3.05, 3.63) is 48.0 Å². The molecule has 1 unspecified atom stereocenters. The van der Waals surface area contributed by atoms with E-state index >= 15 is 0 Å². The third-order valence-corrected chi connectivity index (χ3v) is 2.43. The Labute approximate surface area is 86.5 Å². The smallest absolute Gasteiger partial charge is 0.257 e. The van der Waals surface area contributed by atoms with Crippen molar-refractivity contribution in [2.24, 2.45) is 5.73 Å². The Morgan fingerprint density at radius 3 is 2.27 bits per heavy atom. The van der Waals surface area contributed by atoms with Gasteiger partial charge in [-0.05, 0) is 22.4 Å². The van der Waals surface area contributed by atoms with Crippen molar-refractivity contribution >= 4 is 10.8 Å². The lowest BCUT2D eigenvalue weighted by molar-refractivity contribution is 0.116. The van der Waals surface area contributed by atoms with Crippen LogP contribution in [0.15, 0.2) is 42.5 Å². The van der Waals surface area contributed by atoms with Gasteiger partial charge in [0, 0.05) is 0 Å². The summed E-state index contributed by atoms with van der Waals surface area (Å²) >= 11 is 0. The molecule has 1 nitrogen and oxygen atoms in total. The second-order valence-electron chi connectivity index (χ2n) is 3.47. The molecule has 0 saturated heterocycles. The molecule has 2 aromatic carbocycles. The molecule has 0 amide bonds. The zero-order valence-electron chi connectivity index (χ0n) is 8.03. The fourth-order valence-electron chi connectivity index (χ4n) is 1.56. The summed E-state index contributed by atoms with van der Waals surface area (Å²) in [6, 6.07) is 11.6. The maximum Gasteiger partial charge on any atom is 0.257 e. The Morgan fingerprint density at radius 2 is 1.60 bits per heavy atom. The highest BCUT2D eigenvalue weighted by Crippen LogP contribution is 2.22. The Balaban J connectivity index is 2.47. The predicted molar refractivity (Wildman–Crippen MR) is 56.9 cm³/mol. The van der Waals surface area contributed by atoms with Crippen molar-refractivity contribution < 1.29 is 8.78 Å². The van der Waals surface area contributed by atoms with Gasteiger partial charge in [-0.1, -0.05) is 36.4 Å². The van der Waals surface area contributed by atoms with Gasteiger partial charge in [0.2, 0.25) is 0 Å². The summed E-state index contributed by atoms with van der Waals surface area (Å²) in [5.74, 6) is 0. The number of nitrogens with two attached hydrogens (primary N) is 1. The van der Waals surface area contributed by atoms with Gasteiger partial charge in [0.05, 0.1) is 6.04 Å². The number of alkyl halides is 2. The van der Waals surface area contributed by atoms with Crippen LogP contribution in [0.5, 0.6) is 0 Å². The number of fused-ring (bicyclic) bond motifs is 1. The third kappa shape index (κ3) is 1.97. The van der Waals surface area contributed by atoms with Gasteiger partial charge in [-0.2, -0.15) is 0 Å². The van der Waals surface area contributed by atoms with E-state index in [0.717, 1.165) is 10.8 Å². The minimum absolute atomic E-state index is 0.476. The highest BCUT2D eigenvalue weighted by atomic mass is 19.3. The molecule has 0 aliphatic rings. The molecule has 3 heteroatoms. The predicted octanol–water partition coefficient (Wildman–Crippen LogP) is 3.10. The summed E-state index contributed by atoms with van der Waals surface area (Å²) in [5.41, 5.74) is 5.85. The summed E-state index contributed by atoms with van der Waals surface area (Å²) in [7, 11) is 0. The van der Waals surface area contributed by atoms with Crippen molar-refractivity contribution in [3.63, 3.8) is 0 Å². The number of rotatable bonds is 2. The van der Waals surface area contributed by atoms with Gasteiger partial charge in [0.25, 0.3) is 6.43 Å². The van der Waals surface area contributed by atoms with E-state index in [1.165, 1.54) is 0 Å². The molecule has 0 aromatic heterocycles. The minimum atomic E-state index is -2.52. The summed E-state index contributed by atoms with van der Waals surface area (Å²) in [6.07, 6.45) is -2.52. The Hall–Kier alpha value is -1.48. The van der Waals surface area contributed by atoms with E-state index in [4.69, 9.17) is 5.73 Å². The molecular formula is C12H11F2N. The number of hydrogen-bond acceptors (Lipinski definition) is 1. The largest absolute Gasteiger partial charge is 0.319 e. The fraction of sp³-hybridized carbons (Fsp3) is 0.167. The van der Waals surface area contributed by atoms with Gasteiger partial charge >= 0.3 is 0 Å². The molecular weight excluding hydrogens is 196 g/mol. The van der Waals surface area contributed by atoms with Gasteiger partial charge < -0.3 is 5.73 Å². The maximum atomic E-state index is 12.4. The van der Waals surface area contributed by atoms with E-state index in [-0.39, 0.29) is 0 Å². The molecule has 78 valence electrons. The summed E-state index contributed by atoms with van der Waals surface area (Å²) < 4.78 is 24.8. The standard InChI is InChI=1S/C12H11F2N/c13-12(14)11(15)10-6-5-8-3-1-2-4-9(8)7-10/h1-7,11-12H,15H2. The normalized spacial score (nSPS) is 13.3. The van der Waals surface area contributed by atoms with Crippen molar-refractivity contribution in [1.29, 1.82) is 0 Å². The fourth-order valence-corrected chi connectivity index (χ4v) is 1.56. The van der Waals surface area contributed by atoms with Crippen LogP contribution in [0.1, 0.15) is 11.6 Å². The highest BCUT2D eigenvalue weighted by molar-refractivity contribution is 5.83. The monoisotopic (exact) mass is 207 g/mol. The topological polar surface area (TPSA) is 26.0 Å². The first-order chi connectivity index (χ1) is 7.18. The van der Waals surface area contributed by atoms with Crippen LogP contribution in [0.3, 0.4) is 0 Å². The molecule has 0 bridgehead atoms. The molecule has 0 fully saturated rings. The van der Waals surface area contributed by atoms with Gasteiger partial charge in [-0.15, -0.1) is 0 Å². The lowest BCUT2D eigenvalue weighted by Gasteiger charge is -2.11. The van der Waals surface area contributed by atoms with E-state index in [0.29, 0.717) is 5.56 Å². The van der Waals surface area contributed by atoms with Crippen molar-refractivity contribution in [2.45, 2.75) is 12.5 Å². The first kappa shape index (κ1) is 10.1. The van der Waals surface area contributed by atoms with Gasteiger partial charge in [0.15, 0.2) is 0 Å².